The summed E-state index contributed by atoms with van der Waals surface area (Å²) in [4.78, 5) is 35.5. The fraction of sp³-hybridized carbons (Fsp3) is 0. The van der Waals surface area contributed by atoms with Crippen LogP contribution in [0.25, 0.3) is 0 Å². The van der Waals surface area contributed by atoms with Crippen molar-refractivity contribution in [2.24, 2.45) is 0 Å². The number of benzene rings is 2. The second-order valence-electron chi connectivity index (χ2n) is 4.48. The van der Waals surface area contributed by atoms with Crippen LogP contribution in [-0.2, 0) is 9.59 Å². The zero-order chi connectivity index (χ0) is 17.0. The van der Waals surface area contributed by atoms with Gasteiger partial charge in [-0.3, -0.25) is 19.7 Å². The van der Waals surface area contributed by atoms with Gasteiger partial charge in [0.05, 0.1) is 5.56 Å². The fourth-order valence-electron chi connectivity index (χ4n) is 1.74. The van der Waals surface area contributed by atoms with Gasteiger partial charge in [0, 0.05) is 21.4 Å². The van der Waals surface area contributed by atoms with Crippen molar-refractivity contribution >= 4 is 52.3 Å². The molecule has 0 aliphatic carbocycles. The number of hydrogen-bond donors (Lipinski definition) is 3. The second kappa shape index (κ2) is 7.13. The molecule has 2 aromatic rings. The molecule has 6 nitrogen and oxygen atoms in total. The molecule has 0 aliphatic heterocycles. The lowest BCUT2D eigenvalue weighted by atomic mass is 10.1. The number of nitrogen functional groups attached to an aromatic ring is 1. The Morgan fingerprint density at radius 2 is 1.52 bits per heavy atom. The lowest BCUT2D eigenvalue weighted by Crippen LogP contribution is -2.39. The highest BCUT2D eigenvalue weighted by Gasteiger charge is 2.19. The Morgan fingerprint density at radius 1 is 0.913 bits per heavy atom. The van der Waals surface area contributed by atoms with Crippen LogP contribution >= 0.6 is 23.2 Å². The molecule has 0 bridgehead atoms. The molecule has 0 unspecified atom stereocenters. The minimum Gasteiger partial charge on any atom is -0.398 e. The zero-order valence-electron chi connectivity index (χ0n) is 11.6. The van der Waals surface area contributed by atoms with Crippen molar-refractivity contribution in [3.63, 3.8) is 0 Å². The van der Waals surface area contributed by atoms with E-state index < -0.39 is 17.7 Å². The molecule has 4 N–H and O–H groups in total. The van der Waals surface area contributed by atoms with Gasteiger partial charge in [0.1, 0.15) is 0 Å². The number of imide groups is 1. The van der Waals surface area contributed by atoms with E-state index in [0.29, 0.717) is 10.0 Å². The van der Waals surface area contributed by atoms with Crippen LogP contribution in [0.15, 0.2) is 42.5 Å². The van der Waals surface area contributed by atoms with Crippen LogP contribution in [0.3, 0.4) is 0 Å². The van der Waals surface area contributed by atoms with Crippen molar-refractivity contribution in [3.05, 3.63) is 58.1 Å². The Kier molecular flexibility index (Phi) is 5.20. The summed E-state index contributed by atoms with van der Waals surface area (Å²) in [5.74, 6) is -2.94. The van der Waals surface area contributed by atoms with E-state index in [2.05, 4.69) is 5.32 Å². The summed E-state index contributed by atoms with van der Waals surface area (Å²) in [6.45, 7) is 0. The number of carbonyl (C=O) groups excluding carboxylic acids is 3. The zero-order valence-corrected chi connectivity index (χ0v) is 13.1. The Hall–Kier alpha value is -2.57. The smallest absolute Gasteiger partial charge is 0.316 e. The molecule has 0 aromatic heterocycles. The maximum absolute atomic E-state index is 11.9. The Labute approximate surface area is 141 Å². The molecule has 2 aromatic carbocycles. The largest absolute Gasteiger partial charge is 0.398 e. The number of para-hydroxylation sites is 1. The molecule has 0 heterocycles. The number of anilines is 2. The Morgan fingerprint density at radius 3 is 2.13 bits per heavy atom. The molecule has 0 aliphatic rings. The van der Waals surface area contributed by atoms with Crippen molar-refractivity contribution in [1.29, 1.82) is 0 Å². The highest BCUT2D eigenvalue weighted by Crippen LogP contribution is 2.22. The van der Waals surface area contributed by atoms with E-state index in [4.69, 9.17) is 28.9 Å². The Bertz CT molecular complexity index is 773. The highest BCUT2D eigenvalue weighted by atomic mass is 35.5. The molecule has 0 atom stereocenters. The van der Waals surface area contributed by atoms with Crippen molar-refractivity contribution in [2.75, 3.05) is 11.1 Å². The normalized spacial score (nSPS) is 10.0. The molecule has 0 saturated heterocycles. The lowest BCUT2D eigenvalue weighted by Gasteiger charge is -2.08. The third-order valence-corrected chi connectivity index (χ3v) is 3.20. The highest BCUT2D eigenvalue weighted by molar-refractivity contribution is 6.43. The molecule has 0 saturated carbocycles. The first kappa shape index (κ1) is 16.8. The molecule has 118 valence electrons. The van der Waals surface area contributed by atoms with Gasteiger partial charge >= 0.3 is 11.8 Å². The molecule has 0 radical (unpaired) electrons. The molecule has 2 rings (SSSR count). The van der Waals surface area contributed by atoms with Crippen LogP contribution in [-0.4, -0.2) is 17.7 Å². The average molecular weight is 352 g/mol. The van der Waals surface area contributed by atoms with Gasteiger partial charge in [-0.1, -0.05) is 35.3 Å². The van der Waals surface area contributed by atoms with Gasteiger partial charge < -0.3 is 11.1 Å². The van der Waals surface area contributed by atoms with Crippen LogP contribution in [0.1, 0.15) is 10.4 Å². The Balaban J connectivity index is 2.04. The first-order chi connectivity index (χ1) is 10.9. The molecule has 0 fully saturated rings. The van der Waals surface area contributed by atoms with Gasteiger partial charge in [0.25, 0.3) is 5.91 Å². The summed E-state index contributed by atoms with van der Waals surface area (Å²) in [7, 11) is 0. The second-order valence-corrected chi connectivity index (χ2v) is 5.36. The van der Waals surface area contributed by atoms with Crippen molar-refractivity contribution in [2.45, 2.75) is 0 Å². The number of rotatable bonds is 2. The van der Waals surface area contributed by atoms with Gasteiger partial charge in [0.15, 0.2) is 0 Å². The van der Waals surface area contributed by atoms with E-state index in [-0.39, 0.29) is 16.9 Å². The molecular weight excluding hydrogens is 341 g/mol. The summed E-state index contributed by atoms with van der Waals surface area (Å²) in [6.07, 6.45) is 0. The quantitative estimate of drug-likeness (QED) is 0.571. The fourth-order valence-corrected chi connectivity index (χ4v) is 2.27. The van der Waals surface area contributed by atoms with Crippen LogP contribution in [0.5, 0.6) is 0 Å². The van der Waals surface area contributed by atoms with Crippen LogP contribution < -0.4 is 16.4 Å². The monoisotopic (exact) mass is 351 g/mol. The number of hydrogen-bond acceptors (Lipinski definition) is 4. The minimum absolute atomic E-state index is 0.0967. The minimum atomic E-state index is -1.13. The molecule has 3 amide bonds. The predicted octanol–water partition coefficient (Wildman–Crippen LogP) is 2.47. The van der Waals surface area contributed by atoms with Gasteiger partial charge in [-0.2, -0.15) is 0 Å². The maximum atomic E-state index is 11.9. The summed E-state index contributed by atoms with van der Waals surface area (Å²) < 4.78 is 0. The first-order valence-electron chi connectivity index (χ1n) is 6.34. The number of amides is 3. The SMILES string of the molecule is Nc1ccccc1C(=O)NC(=O)C(=O)Nc1cc(Cl)cc(Cl)c1. The molecule has 23 heavy (non-hydrogen) atoms. The summed E-state index contributed by atoms with van der Waals surface area (Å²) >= 11 is 11.6. The van der Waals surface area contributed by atoms with Crippen LogP contribution in [0.4, 0.5) is 11.4 Å². The number of nitrogens with two attached hydrogens (primary N) is 1. The molecule has 0 spiro atoms. The topological polar surface area (TPSA) is 101 Å². The van der Waals surface area contributed by atoms with E-state index in [9.17, 15) is 14.4 Å². The van der Waals surface area contributed by atoms with Gasteiger partial charge in [-0.05, 0) is 30.3 Å². The molecular formula is C15H11Cl2N3O3. The van der Waals surface area contributed by atoms with Gasteiger partial charge in [-0.25, -0.2) is 0 Å². The summed E-state index contributed by atoms with van der Waals surface area (Å²) in [5.41, 5.74) is 6.15. The number of carbonyl (C=O) groups is 3. The standard InChI is InChI=1S/C15H11Cl2N3O3/c16-8-5-9(17)7-10(6-8)19-14(22)15(23)20-13(21)11-3-1-2-4-12(11)18/h1-7H,18H2,(H,19,22)(H,20,21,23). The third kappa shape index (κ3) is 4.45. The summed E-state index contributed by atoms with van der Waals surface area (Å²) in [5, 5.41) is 4.83. The van der Waals surface area contributed by atoms with E-state index in [0.717, 1.165) is 0 Å². The first-order valence-corrected chi connectivity index (χ1v) is 7.09. The summed E-state index contributed by atoms with van der Waals surface area (Å²) in [6, 6.07) is 10.5. The van der Waals surface area contributed by atoms with Crippen molar-refractivity contribution < 1.29 is 14.4 Å². The third-order valence-electron chi connectivity index (χ3n) is 2.76. The van der Waals surface area contributed by atoms with E-state index in [1.807, 2.05) is 5.32 Å². The maximum Gasteiger partial charge on any atom is 0.316 e. The van der Waals surface area contributed by atoms with Crippen molar-refractivity contribution in [3.8, 4) is 0 Å². The van der Waals surface area contributed by atoms with E-state index >= 15 is 0 Å². The van der Waals surface area contributed by atoms with Crippen LogP contribution in [0.2, 0.25) is 10.0 Å². The van der Waals surface area contributed by atoms with Crippen molar-refractivity contribution in [1.82, 2.24) is 5.32 Å². The molecule has 8 heteroatoms. The van der Waals surface area contributed by atoms with Gasteiger partial charge in [0.2, 0.25) is 0 Å². The van der Waals surface area contributed by atoms with E-state index in [1.54, 1.807) is 12.1 Å². The van der Waals surface area contributed by atoms with Gasteiger partial charge in [-0.15, -0.1) is 0 Å². The lowest BCUT2D eigenvalue weighted by molar-refractivity contribution is -0.135. The average Bonchev–Trinajstić information content (AvgIpc) is 2.46. The van der Waals surface area contributed by atoms with E-state index in [1.165, 1.54) is 30.3 Å². The number of nitrogens with one attached hydrogen (secondary N) is 2. The number of halogens is 2. The predicted molar refractivity (Wildman–Crippen MR) is 88.4 cm³/mol. The van der Waals surface area contributed by atoms with Crippen LogP contribution in [0, 0.1) is 0 Å².